The van der Waals surface area contributed by atoms with Crippen LogP contribution in [0.1, 0.15) is 18.6 Å². The van der Waals surface area contributed by atoms with Gasteiger partial charge in [0.15, 0.2) is 5.16 Å². The number of hydrogen-bond acceptors (Lipinski definition) is 7. The molecule has 0 amide bonds. The molecule has 11 heteroatoms. The fourth-order valence-electron chi connectivity index (χ4n) is 2.21. The van der Waals surface area contributed by atoms with Gasteiger partial charge in [-0.25, -0.2) is 0 Å². The molecule has 2 heterocycles. The van der Waals surface area contributed by atoms with Gasteiger partial charge in [0.2, 0.25) is 17.5 Å². The average Bonchev–Trinajstić information content (AvgIpc) is 3.26. The molecular formula is C15H14F3N5O2S. The smallest absolute Gasteiger partial charge is 0.451 e. The van der Waals surface area contributed by atoms with Crippen LogP contribution in [0.4, 0.5) is 13.2 Å². The zero-order valence-electron chi connectivity index (χ0n) is 13.8. The van der Waals surface area contributed by atoms with Gasteiger partial charge < -0.3 is 9.26 Å². The molecule has 0 atom stereocenters. The van der Waals surface area contributed by atoms with Crippen molar-refractivity contribution in [3.8, 4) is 17.1 Å². The predicted octanol–water partition coefficient (Wildman–Crippen LogP) is 3.67. The molecule has 0 aliphatic carbocycles. The number of methoxy groups -OCH3 is 1. The molecule has 3 rings (SSSR count). The second-order valence-corrected chi connectivity index (χ2v) is 6.02. The van der Waals surface area contributed by atoms with Crippen LogP contribution < -0.4 is 4.74 Å². The van der Waals surface area contributed by atoms with Crippen molar-refractivity contribution in [3.05, 3.63) is 36.0 Å². The molecule has 0 saturated carbocycles. The zero-order chi connectivity index (χ0) is 18.7. The largest absolute Gasteiger partial charge is 0.497 e. The Morgan fingerprint density at radius 2 is 2.08 bits per heavy atom. The highest BCUT2D eigenvalue weighted by Crippen LogP contribution is 2.31. The van der Waals surface area contributed by atoms with Crippen LogP contribution in [0.3, 0.4) is 0 Å². The van der Waals surface area contributed by atoms with Crippen LogP contribution in [0.2, 0.25) is 0 Å². The summed E-state index contributed by atoms with van der Waals surface area (Å²) in [5, 5.41) is 10.9. The van der Waals surface area contributed by atoms with Crippen molar-refractivity contribution < 1.29 is 22.4 Å². The minimum absolute atomic E-state index is 0.100. The number of rotatable bonds is 6. The maximum atomic E-state index is 12.9. The molecule has 0 spiro atoms. The Labute approximate surface area is 150 Å². The van der Waals surface area contributed by atoms with Crippen molar-refractivity contribution in [2.75, 3.05) is 7.11 Å². The number of halogens is 3. The molecule has 2 aromatic heterocycles. The lowest BCUT2D eigenvalue weighted by Gasteiger charge is -2.08. The topological polar surface area (TPSA) is 78.9 Å². The Morgan fingerprint density at radius 3 is 2.77 bits per heavy atom. The Hall–Kier alpha value is -2.56. The second-order valence-electron chi connectivity index (χ2n) is 5.08. The number of ether oxygens (including phenoxy) is 1. The Morgan fingerprint density at radius 1 is 1.27 bits per heavy atom. The van der Waals surface area contributed by atoms with Crippen LogP contribution in [0.5, 0.6) is 5.75 Å². The standard InChI is InChI=1S/C15H14F3N5O2S/c1-3-23-13(15(16,17)18)20-21-14(23)26-8-11-19-12(22-25-11)9-5-4-6-10(7-9)24-2/h4-7H,3,8H2,1-2H3. The Bertz CT molecular complexity index is 894. The van der Waals surface area contributed by atoms with Crippen molar-refractivity contribution in [2.45, 2.75) is 30.6 Å². The number of benzene rings is 1. The fraction of sp³-hybridized carbons (Fsp3) is 0.333. The molecule has 0 aliphatic rings. The van der Waals surface area contributed by atoms with Crippen molar-refractivity contribution in [2.24, 2.45) is 0 Å². The van der Waals surface area contributed by atoms with E-state index in [9.17, 15) is 13.2 Å². The maximum Gasteiger partial charge on any atom is 0.451 e. The first-order chi connectivity index (χ1) is 12.4. The van der Waals surface area contributed by atoms with Gasteiger partial charge in [-0.05, 0) is 19.1 Å². The van der Waals surface area contributed by atoms with E-state index in [0.717, 1.165) is 16.3 Å². The molecule has 7 nitrogen and oxygen atoms in total. The van der Waals surface area contributed by atoms with Gasteiger partial charge in [-0.3, -0.25) is 4.57 Å². The first-order valence-electron chi connectivity index (χ1n) is 7.52. The number of nitrogens with zero attached hydrogens (tertiary/aromatic N) is 5. The van der Waals surface area contributed by atoms with Gasteiger partial charge in [0.1, 0.15) is 5.75 Å². The van der Waals surface area contributed by atoms with Crippen molar-refractivity contribution in [1.29, 1.82) is 0 Å². The van der Waals surface area contributed by atoms with Crippen LogP contribution in [0.25, 0.3) is 11.4 Å². The molecular weight excluding hydrogens is 371 g/mol. The van der Waals surface area contributed by atoms with E-state index in [1.807, 2.05) is 0 Å². The molecule has 0 bridgehead atoms. The molecule has 0 saturated heterocycles. The number of aromatic nitrogens is 5. The zero-order valence-corrected chi connectivity index (χ0v) is 14.6. The number of alkyl halides is 3. The average molecular weight is 385 g/mol. The van der Waals surface area contributed by atoms with Crippen LogP contribution in [0.15, 0.2) is 33.9 Å². The summed E-state index contributed by atoms with van der Waals surface area (Å²) >= 11 is 1.05. The Balaban J connectivity index is 1.73. The summed E-state index contributed by atoms with van der Waals surface area (Å²) in [6.45, 7) is 1.69. The summed E-state index contributed by atoms with van der Waals surface area (Å²) in [7, 11) is 1.55. The second kappa shape index (κ2) is 7.36. The summed E-state index contributed by atoms with van der Waals surface area (Å²) in [4.78, 5) is 4.25. The van der Waals surface area contributed by atoms with Crippen LogP contribution in [-0.4, -0.2) is 32.0 Å². The number of hydrogen-bond donors (Lipinski definition) is 0. The van der Waals surface area contributed by atoms with Crippen molar-refractivity contribution >= 4 is 11.8 Å². The molecule has 3 aromatic rings. The Kier molecular flexibility index (Phi) is 5.16. The van der Waals surface area contributed by atoms with E-state index in [1.54, 1.807) is 38.3 Å². The van der Waals surface area contributed by atoms with Crippen LogP contribution >= 0.6 is 11.8 Å². The highest BCUT2D eigenvalue weighted by Gasteiger charge is 2.38. The maximum absolute atomic E-state index is 12.9. The third-order valence-electron chi connectivity index (χ3n) is 3.41. The van der Waals surface area contributed by atoms with Gasteiger partial charge in [0.05, 0.1) is 12.9 Å². The molecule has 0 unspecified atom stereocenters. The lowest BCUT2D eigenvalue weighted by molar-refractivity contribution is -0.147. The van der Waals surface area contributed by atoms with E-state index >= 15 is 0 Å². The van der Waals surface area contributed by atoms with E-state index in [-0.39, 0.29) is 23.3 Å². The molecule has 0 aliphatic heterocycles. The lowest BCUT2D eigenvalue weighted by atomic mass is 10.2. The minimum Gasteiger partial charge on any atom is -0.497 e. The normalized spacial score (nSPS) is 11.7. The monoisotopic (exact) mass is 385 g/mol. The quantitative estimate of drug-likeness (QED) is 0.599. The van der Waals surface area contributed by atoms with E-state index in [1.165, 1.54) is 0 Å². The van der Waals surface area contributed by atoms with E-state index < -0.39 is 12.0 Å². The van der Waals surface area contributed by atoms with Gasteiger partial charge >= 0.3 is 6.18 Å². The summed E-state index contributed by atoms with van der Waals surface area (Å²) in [5.74, 6) is 0.441. The van der Waals surface area contributed by atoms with Gasteiger partial charge in [-0.1, -0.05) is 29.1 Å². The first-order valence-corrected chi connectivity index (χ1v) is 8.51. The molecule has 0 fully saturated rings. The predicted molar refractivity (Wildman–Crippen MR) is 86.5 cm³/mol. The highest BCUT2D eigenvalue weighted by molar-refractivity contribution is 7.98. The third-order valence-corrected chi connectivity index (χ3v) is 4.36. The summed E-state index contributed by atoms with van der Waals surface area (Å²) in [6.07, 6.45) is -4.55. The number of thioether (sulfide) groups is 1. The summed E-state index contributed by atoms with van der Waals surface area (Å²) < 4.78 is 50.0. The first kappa shape index (κ1) is 18.2. The third kappa shape index (κ3) is 3.82. The molecule has 1 aromatic carbocycles. The molecule has 0 N–H and O–H groups in total. The summed E-state index contributed by atoms with van der Waals surface area (Å²) in [6, 6.07) is 7.14. The van der Waals surface area contributed by atoms with Gasteiger partial charge in [0.25, 0.3) is 0 Å². The minimum atomic E-state index is -4.55. The molecule has 26 heavy (non-hydrogen) atoms. The lowest BCUT2D eigenvalue weighted by Crippen LogP contribution is -2.14. The molecule has 138 valence electrons. The van der Waals surface area contributed by atoms with E-state index in [4.69, 9.17) is 9.26 Å². The summed E-state index contributed by atoms with van der Waals surface area (Å²) in [5.41, 5.74) is 0.709. The van der Waals surface area contributed by atoms with Gasteiger partial charge in [0, 0.05) is 12.1 Å². The highest BCUT2D eigenvalue weighted by atomic mass is 32.2. The van der Waals surface area contributed by atoms with Crippen LogP contribution in [0, 0.1) is 0 Å². The van der Waals surface area contributed by atoms with E-state index in [2.05, 4.69) is 20.3 Å². The molecule has 0 radical (unpaired) electrons. The van der Waals surface area contributed by atoms with Gasteiger partial charge in [-0.15, -0.1) is 10.2 Å². The van der Waals surface area contributed by atoms with Crippen LogP contribution in [-0.2, 0) is 18.5 Å². The SMILES string of the molecule is CCn1c(SCc2nc(-c3cccc(OC)c3)no2)nnc1C(F)(F)F. The van der Waals surface area contributed by atoms with Gasteiger partial charge in [-0.2, -0.15) is 18.2 Å². The van der Waals surface area contributed by atoms with E-state index in [0.29, 0.717) is 17.1 Å². The fourth-order valence-corrected chi connectivity index (χ4v) is 3.05. The van der Waals surface area contributed by atoms with Crippen molar-refractivity contribution in [1.82, 2.24) is 24.9 Å². The van der Waals surface area contributed by atoms with Crippen molar-refractivity contribution in [3.63, 3.8) is 0 Å².